The van der Waals surface area contributed by atoms with Crippen LogP contribution < -0.4 is 0 Å². The lowest BCUT2D eigenvalue weighted by Gasteiger charge is -1.89. The van der Waals surface area contributed by atoms with Gasteiger partial charge < -0.3 is 0 Å². The van der Waals surface area contributed by atoms with E-state index in [0.29, 0.717) is 0 Å². The van der Waals surface area contributed by atoms with E-state index in [9.17, 15) is 0 Å². The Morgan fingerprint density at radius 1 is 1.10 bits per heavy atom. The first kappa shape index (κ1) is 13.2. The van der Waals surface area contributed by atoms with Crippen LogP contribution in [-0.4, -0.2) is 0 Å². The maximum Gasteiger partial charge on any atom is -0.0128 e. The molecule has 1 rings (SSSR count). The number of hydrogen-bond acceptors (Lipinski definition) is 0. The summed E-state index contributed by atoms with van der Waals surface area (Å²) in [6, 6.07) is 10.4. The molecule has 0 N–H and O–H groups in total. The maximum atomic E-state index is 2.69. The molecule has 58 valence electrons. The quantitative estimate of drug-likeness (QED) is 0.661. The molecule has 0 fully saturated rings. The van der Waals surface area contributed by atoms with Crippen LogP contribution in [0.1, 0.15) is 5.56 Å². The molecule has 10 heavy (non-hydrogen) atoms. The SMILES string of the molecule is Br.P.PCc1ccccc1. The van der Waals surface area contributed by atoms with E-state index in [1.165, 1.54) is 5.56 Å². The second-order valence-corrected chi connectivity index (χ2v) is 2.10. The predicted octanol–water partition coefficient (Wildman–Crippen LogP) is 2.70. The van der Waals surface area contributed by atoms with Crippen LogP contribution in [0, 0.1) is 0 Å². The van der Waals surface area contributed by atoms with Crippen molar-refractivity contribution in [2.24, 2.45) is 0 Å². The van der Waals surface area contributed by atoms with Crippen molar-refractivity contribution in [3.63, 3.8) is 0 Å². The van der Waals surface area contributed by atoms with Crippen molar-refractivity contribution in [3.8, 4) is 0 Å². The number of halogens is 1. The Bertz CT molecular complexity index is 153. The Labute approximate surface area is 78.4 Å². The Hall–Kier alpha value is 0.560. The minimum atomic E-state index is 0. The van der Waals surface area contributed by atoms with Gasteiger partial charge >= 0.3 is 0 Å². The first-order valence-electron chi connectivity index (χ1n) is 2.67. The van der Waals surface area contributed by atoms with E-state index in [-0.39, 0.29) is 26.9 Å². The summed E-state index contributed by atoms with van der Waals surface area (Å²) >= 11 is 0. The first-order valence-corrected chi connectivity index (χ1v) is 3.49. The third-order valence-electron chi connectivity index (χ3n) is 1.08. The smallest absolute Gasteiger partial charge is 0.0128 e. The molecule has 0 saturated carbocycles. The second-order valence-electron chi connectivity index (χ2n) is 1.69. The monoisotopic (exact) mass is 238 g/mol. The lowest BCUT2D eigenvalue weighted by Crippen LogP contribution is -1.70. The molecule has 0 heterocycles. The summed E-state index contributed by atoms with van der Waals surface area (Å²) in [6.07, 6.45) is 1.06. The summed E-state index contributed by atoms with van der Waals surface area (Å²) in [7, 11) is 2.69. The van der Waals surface area contributed by atoms with Gasteiger partial charge in [0.2, 0.25) is 0 Å². The van der Waals surface area contributed by atoms with Crippen molar-refractivity contribution in [3.05, 3.63) is 35.9 Å². The highest BCUT2D eigenvalue weighted by atomic mass is 79.9. The summed E-state index contributed by atoms with van der Waals surface area (Å²) in [6.45, 7) is 0. The van der Waals surface area contributed by atoms with Crippen molar-refractivity contribution in [1.82, 2.24) is 0 Å². The van der Waals surface area contributed by atoms with Crippen LogP contribution in [0.2, 0.25) is 0 Å². The largest absolute Gasteiger partial charge is 0.153 e. The molecule has 0 aliphatic heterocycles. The zero-order valence-electron chi connectivity index (χ0n) is 5.79. The van der Waals surface area contributed by atoms with Crippen molar-refractivity contribution < 1.29 is 0 Å². The zero-order valence-corrected chi connectivity index (χ0v) is 10.1. The average Bonchev–Trinajstić information content (AvgIpc) is 1.90. The van der Waals surface area contributed by atoms with Gasteiger partial charge in [-0.15, -0.1) is 26.2 Å². The standard InChI is InChI=1S/C7H9P.BrH.H3P/c8-6-7-4-2-1-3-5-7;;/h1-5H,6,8H2;1H;1H3. The zero-order chi connectivity index (χ0) is 5.82. The predicted molar refractivity (Wildman–Crippen MR) is 61.3 cm³/mol. The Morgan fingerprint density at radius 3 is 1.90 bits per heavy atom. The fourth-order valence-electron chi connectivity index (χ4n) is 0.614. The third kappa shape index (κ3) is 4.39. The molecule has 1 aromatic rings. The molecule has 0 bridgehead atoms. The van der Waals surface area contributed by atoms with Gasteiger partial charge in [0.25, 0.3) is 0 Å². The minimum absolute atomic E-state index is 0. The Kier molecular flexibility index (Phi) is 10.1. The van der Waals surface area contributed by atoms with Gasteiger partial charge in [0.05, 0.1) is 0 Å². The van der Waals surface area contributed by atoms with Gasteiger partial charge in [-0.1, -0.05) is 30.3 Å². The van der Waals surface area contributed by atoms with E-state index in [4.69, 9.17) is 0 Å². The van der Waals surface area contributed by atoms with Crippen LogP contribution >= 0.6 is 36.1 Å². The van der Waals surface area contributed by atoms with E-state index < -0.39 is 0 Å². The van der Waals surface area contributed by atoms with E-state index in [1.54, 1.807) is 0 Å². The van der Waals surface area contributed by atoms with Gasteiger partial charge in [0.15, 0.2) is 0 Å². The lowest BCUT2D eigenvalue weighted by atomic mass is 10.2. The van der Waals surface area contributed by atoms with Gasteiger partial charge in [-0.25, -0.2) is 0 Å². The topological polar surface area (TPSA) is 0 Å². The van der Waals surface area contributed by atoms with Crippen LogP contribution in [0.3, 0.4) is 0 Å². The van der Waals surface area contributed by atoms with Crippen molar-refractivity contribution in [2.45, 2.75) is 6.16 Å². The van der Waals surface area contributed by atoms with Crippen LogP contribution in [0.4, 0.5) is 0 Å². The number of rotatable bonds is 1. The molecule has 2 atom stereocenters. The van der Waals surface area contributed by atoms with E-state index in [0.717, 1.165) is 6.16 Å². The van der Waals surface area contributed by atoms with E-state index in [1.807, 2.05) is 6.07 Å². The highest BCUT2D eigenvalue weighted by Crippen LogP contribution is 2.02. The molecule has 0 amide bonds. The summed E-state index contributed by atoms with van der Waals surface area (Å²) < 4.78 is 0. The molecule has 3 heteroatoms. The molecular weight excluding hydrogens is 226 g/mol. The molecular formula is C7H13BrP2. The average molecular weight is 239 g/mol. The van der Waals surface area contributed by atoms with Crippen molar-refractivity contribution in [1.29, 1.82) is 0 Å². The van der Waals surface area contributed by atoms with Crippen molar-refractivity contribution >= 4 is 36.1 Å². The maximum absolute atomic E-state index is 2.69. The van der Waals surface area contributed by atoms with Gasteiger partial charge in [-0.3, -0.25) is 0 Å². The second kappa shape index (κ2) is 7.66. The normalized spacial score (nSPS) is 7.30. The lowest BCUT2D eigenvalue weighted by molar-refractivity contribution is 1.42. The highest BCUT2D eigenvalue weighted by Gasteiger charge is 1.80. The van der Waals surface area contributed by atoms with Crippen molar-refractivity contribution in [2.75, 3.05) is 0 Å². The van der Waals surface area contributed by atoms with Gasteiger partial charge in [0.1, 0.15) is 0 Å². The van der Waals surface area contributed by atoms with Gasteiger partial charge in [-0.05, 0) is 11.7 Å². The Morgan fingerprint density at radius 2 is 1.60 bits per heavy atom. The molecule has 0 aliphatic rings. The summed E-state index contributed by atoms with van der Waals surface area (Å²) in [5.74, 6) is 0. The molecule has 0 aliphatic carbocycles. The van der Waals surface area contributed by atoms with Gasteiger partial charge in [-0.2, -0.15) is 9.90 Å². The fourth-order valence-corrected chi connectivity index (χ4v) is 0.886. The van der Waals surface area contributed by atoms with E-state index in [2.05, 4.69) is 33.5 Å². The van der Waals surface area contributed by atoms with Crippen LogP contribution in [0.15, 0.2) is 30.3 Å². The fraction of sp³-hybridized carbons (Fsp3) is 0.143. The van der Waals surface area contributed by atoms with E-state index >= 15 is 0 Å². The number of benzene rings is 1. The van der Waals surface area contributed by atoms with Crippen LogP contribution in [0.5, 0.6) is 0 Å². The molecule has 0 nitrogen and oxygen atoms in total. The third-order valence-corrected chi connectivity index (χ3v) is 1.55. The van der Waals surface area contributed by atoms with Crippen LogP contribution in [0.25, 0.3) is 0 Å². The Balaban J connectivity index is 0. The first-order chi connectivity index (χ1) is 3.93. The summed E-state index contributed by atoms with van der Waals surface area (Å²) in [4.78, 5) is 0. The van der Waals surface area contributed by atoms with Gasteiger partial charge in [0, 0.05) is 0 Å². The minimum Gasteiger partial charge on any atom is -0.153 e. The summed E-state index contributed by atoms with van der Waals surface area (Å²) in [5.41, 5.74) is 1.37. The molecule has 0 saturated heterocycles. The molecule has 0 aromatic heterocycles. The molecule has 0 spiro atoms. The number of hydrogen-bond donors (Lipinski definition) is 0. The highest BCUT2D eigenvalue weighted by molar-refractivity contribution is 8.93. The summed E-state index contributed by atoms with van der Waals surface area (Å²) in [5, 5.41) is 0. The molecule has 0 radical (unpaired) electrons. The van der Waals surface area contributed by atoms with Crippen LogP contribution in [-0.2, 0) is 6.16 Å². The molecule has 2 unspecified atom stereocenters. The molecule has 1 aromatic carbocycles.